The predicted molar refractivity (Wildman–Crippen MR) is 87.9 cm³/mol. The summed E-state index contributed by atoms with van der Waals surface area (Å²) in [7, 11) is -3.67. The number of sulfone groups is 1. The highest BCUT2D eigenvalue weighted by molar-refractivity contribution is 8.06. The normalized spacial score (nSPS) is 17.5. The molecule has 6 nitrogen and oxygen atoms in total. The van der Waals surface area contributed by atoms with Crippen molar-refractivity contribution in [2.75, 3.05) is 5.75 Å². The summed E-state index contributed by atoms with van der Waals surface area (Å²) in [6.07, 6.45) is -0.125. The second kappa shape index (κ2) is 6.79. The number of aromatic nitrogens is 2. The van der Waals surface area contributed by atoms with Crippen LogP contribution in [0.5, 0.6) is 0 Å². The maximum absolute atomic E-state index is 13.0. The van der Waals surface area contributed by atoms with Crippen LogP contribution in [0.25, 0.3) is 6.08 Å². The molecule has 0 spiro atoms. The Balaban J connectivity index is 2.19. The highest BCUT2D eigenvalue weighted by atomic mass is 35.5. The topological polar surface area (TPSA) is 73.5 Å². The Bertz CT molecular complexity index is 785. The van der Waals surface area contributed by atoms with Crippen LogP contribution in [0.15, 0.2) is 11.2 Å². The highest BCUT2D eigenvalue weighted by Crippen LogP contribution is 2.29. The number of halogens is 3. The molecule has 1 aliphatic heterocycles. The van der Waals surface area contributed by atoms with E-state index in [1.165, 1.54) is 16.8 Å². The lowest BCUT2D eigenvalue weighted by atomic mass is 10.1. The molecular formula is C14H18ClF2N3O3S. The molecule has 0 aromatic carbocycles. The molecule has 2 heterocycles. The fourth-order valence-electron chi connectivity index (χ4n) is 2.16. The van der Waals surface area contributed by atoms with Crippen LogP contribution in [0.4, 0.5) is 8.78 Å². The molecule has 1 aromatic rings. The summed E-state index contributed by atoms with van der Waals surface area (Å²) in [6.45, 7) is 5.49. The van der Waals surface area contributed by atoms with Crippen molar-refractivity contribution in [3.05, 3.63) is 22.5 Å². The number of hydrogen-bond acceptors (Lipinski definition) is 5. The van der Waals surface area contributed by atoms with E-state index in [9.17, 15) is 17.2 Å². The lowest BCUT2D eigenvalue weighted by molar-refractivity contribution is 0.0123. The molecule has 0 saturated heterocycles. The summed E-state index contributed by atoms with van der Waals surface area (Å²) in [5.74, 6) is -0.387. The summed E-state index contributed by atoms with van der Waals surface area (Å²) >= 11 is 6.01. The quantitative estimate of drug-likeness (QED) is 0.783. The van der Waals surface area contributed by atoms with E-state index in [1.54, 1.807) is 20.8 Å². The molecule has 2 rings (SSSR count). The Morgan fingerprint density at radius 3 is 2.62 bits per heavy atom. The Hall–Kier alpha value is -1.48. The van der Waals surface area contributed by atoms with Crippen molar-refractivity contribution in [2.24, 2.45) is 5.16 Å². The summed E-state index contributed by atoms with van der Waals surface area (Å²) in [5, 5.41) is 7.32. The largest absolute Gasteiger partial charge is 0.389 e. The van der Waals surface area contributed by atoms with Crippen LogP contribution in [-0.2, 0) is 21.2 Å². The first-order valence-electron chi connectivity index (χ1n) is 7.26. The van der Waals surface area contributed by atoms with Crippen molar-refractivity contribution >= 4 is 32.6 Å². The minimum Gasteiger partial charge on any atom is -0.389 e. The summed E-state index contributed by atoms with van der Waals surface area (Å²) in [6, 6.07) is 0. The first-order valence-corrected chi connectivity index (χ1v) is 9.29. The molecule has 0 atom stereocenters. The minimum absolute atomic E-state index is 0.0219. The van der Waals surface area contributed by atoms with Crippen LogP contribution >= 0.6 is 11.6 Å². The first kappa shape index (κ1) is 18.9. The average molecular weight is 382 g/mol. The van der Waals surface area contributed by atoms with Gasteiger partial charge in [-0.15, -0.1) is 0 Å². The second-order valence-corrected chi connectivity index (χ2v) is 8.29. The van der Waals surface area contributed by atoms with Gasteiger partial charge >= 0.3 is 0 Å². The van der Waals surface area contributed by atoms with E-state index in [2.05, 4.69) is 10.3 Å². The SMILES string of the molecule is CCn1nc(C(F)F)c(/C=C/CS(=O)(=O)C2=NOC(C)(C)C2)c1Cl. The third-order valence-corrected chi connectivity index (χ3v) is 5.36. The maximum Gasteiger partial charge on any atom is 0.282 e. The Morgan fingerprint density at radius 1 is 1.46 bits per heavy atom. The standard InChI is InChI=1S/C14H18ClF2N3O3S/c1-4-20-12(15)9(11(18-20)13(16)17)6-5-7-24(21,22)10-8-14(2,3)23-19-10/h5-6,13H,4,7-8H2,1-3H3/b6-5+. The monoisotopic (exact) mass is 381 g/mol. The van der Waals surface area contributed by atoms with Crippen LogP contribution in [-0.4, -0.2) is 34.6 Å². The third-order valence-electron chi connectivity index (χ3n) is 3.39. The lowest BCUT2D eigenvalue weighted by Gasteiger charge is -2.12. The summed E-state index contributed by atoms with van der Waals surface area (Å²) in [4.78, 5) is 5.04. The van der Waals surface area contributed by atoms with Crippen molar-refractivity contribution in [2.45, 2.75) is 45.8 Å². The smallest absolute Gasteiger partial charge is 0.282 e. The Labute approximate surface area is 144 Å². The molecule has 0 radical (unpaired) electrons. The van der Waals surface area contributed by atoms with E-state index in [-0.39, 0.29) is 27.9 Å². The number of alkyl halides is 2. The van der Waals surface area contributed by atoms with Crippen LogP contribution in [0.1, 0.15) is 44.9 Å². The predicted octanol–water partition coefficient (Wildman–Crippen LogP) is 3.43. The zero-order chi connectivity index (χ0) is 18.1. The van der Waals surface area contributed by atoms with E-state index in [0.29, 0.717) is 6.54 Å². The van der Waals surface area contributed by atoms with Gasteiger partial charge in [-0.25, -0.2) is 17.2 Å². The van der Waals surface area contributed by atoms with E-state index in [4.69, 9.17) is 16.4 Å². The summed E-state index contributed by atoms with van der Waals surface area (Å²) in [5.41, 5.74) is -1.12. The van der Waals surface area contributed by atoms with E-state index in [1.807, 2.05) is 0 Å². The summed E-state index contributed by atoms with van der Waals surface area (Å²) < 4.78 is 51.7. The van der Waals surface area contributed by atoms with Crippen molar-refractivity contribution in [1.29, 1.82) is 0 Å². The van der Waals surface area contributed by atoms with Gasteiger partial charge < -0.3 is 4.84 Å². The van der Waals surface area contributed by atoms with Crippen molar-refractivity contribution < 1.29 is 22.0 Å². The van der Waals surface area contributed by atoms with Crippen LogP contribution in [0, 0.1) is 0 Å². The maximum atomic E-state index is 13.0. The first-order chi connectivity index (χ1) is 11.1. The van der Waals surface area contributed by atoms with Crippen LogP contribution in [0.2, 0.25) is 5.15 Å². The van der Waals surface area contributed by atoms with E-state index in [0.717, 1.165) is 0 Å². The molecule has 0 N–H and O–H groups in total. The molecule has 10 heteroatoms. The molecular weight excluding hydrogens is 364 g/mol. The van der Waals surface area contributed by atoms with Crippen molar-refractivity contribution in [1.82, 2.24) is 9.78 Å². The zero-order valence-electron chi connectivity index (χ0n) is 13.5. The van der Waals surface area contributed by atoms with Gasteiger partial charge in [0.15, 0.2) is 14.9 Å². The average Bonchev–Trinajstić information content (AvgIpc) is 3.00. The fraction of sp³-hybridized carbons (Fsp3) is 0.571. The number of aryl methyl sites for hydroxylation is 1. The molecule has 0 bridgehead atoms. The number of oxime groups is 1. The minimum atomic E-state index is -3.67. The van der Waals surface area contributed by atoms with E-state index < -0.39 is 27.6 Å². The van der Waals surface area contributed by atoms with Gasteiger partial charge in [0, 0.05) is 18.5 Å². The molecule has 0 unspecified atom stereocenters. The van der Waals surface area contributed by atoms with Gasteiger partial charge in [-0.3, -0.25) is 4.68 Å². The van der Waals surface area contributed by atoms with Gasteiger partial charge in [0.05, 0.1) is 5.75 Å². The number of nitrogens with zero attached hydrogens (tertiary/aromatic N) is 3. The van der Waals surface area contributed by atoms with Crippen LogP contribution in [0.3, 0.4) is 0 Å². The molecule has 0 saturated carbocycles. The molecule has 134 valence electrons. The molecule has 0 fully saturated rings. The van der Waals surface area contributed by atoms with Gasteiger partial charge in [0.25, 0.3) is 6.43 Å². The molecule has 1 aliphatic rings. The van der Waals surface area contributed by atoms with Crippen LogP contribution < -0.4 is 0 Å². The van der Waals surface area contributed by atoms with E-state index >= 15 is 0 Å². The lowest BCUT2D eigenvalue weighted by Crippen LogP contribution is -2.23. The fourth-order valence-corrected chi connectivity index (χ4v) is 3.73. The van der Waals surface area contributed by atoms with Gasteiger partial charge in [0.1, 0.15) is 16.4 Å². The van der Waals surface area contributed by atoms with Crippen molar-refractivity contribution in [3.63, 3.8) is 0 Å². The zero-order valence-corrected chi connectivity index (χ0v) is 15.0. The van der Waals surface area contributed by atoms with Crippen molar-refractivity contribution in [3.8, 4) is 0 Å². The van der Waals surface area contributed by atoms with Gasteiger partial charge in [-0.1, -0.05) is 28.9 Å². The number of hydrogen-bond donors (Lipinski definition) is 0. The van der Waals surface area contributed by atoms with Gasteiger partial charge in [0.2, 0.25) is 0 Å². The Kier molecular flexibility index (Phi) is 5.34. The molecule has 1 aromatic heterocycles. The third kappa shape index (κ3) is 3.94. The van der Waals surface area contributed by atoms with Gasteiger partial charge in [-0.2, -0.15) is 5.10 Å². The Morgan fingerprint density at radius 2 is 2.12 bits per heavy atom. The molecule has 0 aliphatic carbocycles. The molecule has 24 heavy (non-hydrogen) atoms. The second-order valence-electron chi connectivity index (χ2n) is 5.90. The highest BCUT2D eigenvalue weighted by Gasteiger charge is 2.35. The molecule has 0 amide bonds. The number of rotatable bonds is 5. The van der Waals surface area contributed by atoms with Gasteiger partial charge in [-0.05, 0) is 20.8 Å².